The fraction of sp³-hybridized carbons (Fsp3) is 0.476. The Bertz CT molecular complexity index is 787. The fourth-order valence-electron chi connectivity index (χ4n) is 3.83. The van der Waals surface area contributed by atoms with Crippen molar-refractivity contribution in [3.8, 4) is 0 Å². The van der Waals surface area contributed by atoms with E-state index in [1.165, 1.54) is 6.42 Å². The molecule has 0 spiro atoms. The first kappa shape index (κ1) is 17.0. The molecule has 5 heteroatoms. The lowest BCUT2D eigenvalue weighted by Crippen LogP contribution is -2.44. The second-order valence-corrected chi connectivity index (χ2v) is 7.50. The number of hydrogen-bond donors (Lipinski definition) is 1. The third-order valence-electron chi connectivity index (χ3n) is 5.67. The highest BCUT2D eigenvalue weighted by Crippen LogP contribution is 2.32. The predicted octanol–water partition coefficient (Wildman–Crippen LogP) is 4.03. The quantitative estimate of drug-likeness (QED) is 0.904. The lowest BCUT2D eigenvalue weighted by molar-refractivity contribution is -0.139. The van der Waals surface area contributed by atoms with Crippen molar-refractivity contribution < 1.29 is 4.79 Å². The van der Waals surface area contributed by atoms with Crippen LogP contribution in [0.3, 0.4) is 0 Å². The first-order chi connectivity index (χ1) is 12.7. The van der Waals surface area contributed by atoms with Gasteiger partial charge in [-0.2, -0.15) is 0 Å². The Morgan fingerprint density at radius 3 is 2.77 bits per heavy atom. The molecule has 0 radical (unpaired) electrons. The van der Waals surface area contributed by atoms with E-state index in [-0.39, 0.29) is 5.92 Å². The molecule has 0 unspecified atom stereocenters. The van der Waals surface area contributed by atoms with Gasteiger partial charge in [0.05, 0.1) is 5.69 Å². The number of anilines is 2. The number of hydrogen-bond acceptors (Lipinski definition) is 4. The second kappa shape index (κ2) is 7.44. The Kier molecular flexibility index (Phi) is 4.87. The molecule has 1 atom stereocenters. The Balaban J connectivity index is 1.47. The van der Waals surface area contributed by atoms with Crippen molar-refractivity contribution in [3.05, 3.63) is 47.8 Å². The molecule has 1 saturated carbocycles. The number of carbonyl (C=O) groups excluding carboxylic acids is 1. The maximum absolute atomic E-state index is 12.6. The molecule has 0 bridgehead atoms. The van der Waals surface area contributed by atoms with Gasteiger partial charge < -0.3 is 10.2 Å². The molecule has 1 amide bonds. The van der Waals surface area contributed by atoms with Crippen molar-refractivity contribution in [3.63, 3.8) is 0 Å². The van der Waals surface area contributed by atoms with E-state index < -0.39 is 0 Å². The van der Waals surface area contributed by atoms with Crippen LogP contribution in [0.25, 0.3) is 0 Å². The zero-order valence-corrected chi connectivity index (χ0v) is 15.3. The molecule has 136 valence electrons. The van der Waals surface area contributed by atoms with Gasteiger partial charge in [0.1, 0.15) is 0 Å². The highest BCUT2D eigenvalue weighted by atomic mass is 16.2. The Morgan fingerprint density at radius 2 is 2.00 bits per heavy atom. The zero-order chi connectivity index (χ0) is 17.9. The first-order valence-corrected chi connectivity index (χ1v) is 9.65. The molecule has 1 N–H and O–H groups in total. The predicted molar refractivity (Wildman–Crippen MR) is 102 cm³/mol. The summed E-state index contributed by atoms with van der Waals surface area (Å²) in [6, 6.07) is 10.1. The van der Waals surface area contributed by atoms with E-state index in [9.17, 15) is 4.79 Å². The van der Waals surface area contributed by atoms with Crippen LogP contribution in [0.5, 0.6) is 0 Å². The molecule has 5 nitrogen and oxygen atoms in total. The summed E-state index contributed by atoms with van der Waals surface area (Å²) in [5.74, 6) is 1.55. The van der Waals surface area contributed by atoms with Gasteiger partial charge in [-0.15, -0.1) is 0 Å². The Labute approximate surface area is 154 Å². The van der Waals surface area contributed by atoms with Gasteiger partial charge in [-0.1, -0.05) is 24.6 Å². The number of benzene rings is 1. The number of para-hydroxylation sites is 1. The molecule has 1 aromatic carbocycles. The third kappa shape index (κ3) is 3.57. The largest absolute Gasteiger partial charge is 0.342 e. The fourth-order valence-corrected chi connectivity index (χ4v) is 3.83. The average molecular weight is 350 g/mol. The number of carbonyl (C=O) groups is 1. The molecule has 1 aliphatic heterocycles. The lowest BCUT2D eigenvalue weighted by atomic mass is 9.83. The molecule has 26 heavy (non-hydrogen) atoms. The zero-order valence-electron chi connectivity index (χ0n) is 15.3. The van der Waals surface area contributed by atoms with Crippen LogP contribution in [0.4, 0.5) is 11.6 Å². The Morgan fingerprint density at radius 1 is 1.15 bits per heavy atom. The number of amides is 1. The first-order valence-electron chi connectivity index (χ1n) is 9.65. The van der Waals surface area contributed by atoms with Crippen molar-refractivity contribution in [2.24, 2.45) is 5.92 Å². The van der Waals surface area contributed by atoms with E-state index in [0.717, 1.165) is 55.7 Å². The molecule has 1 aliphatic carbocycles. The van der Waals surface area contributed by atoms with E-state index in [1.807, 2.05) is 30.5 Å². The van der Waals surface area contributed by atoms with Crippen LogP contribution in [-0.4, -0.2) is 33.9 Å². The van der Waals surface area contributed by atoms with Crippen molar-refractivity contribution in [2.45, 2.75) is 44.9 Å². The van der Waals surface area contributed by atoms with Crippen molar-refractivity contribution in [1.29, 1.82) is 0 Å². The third-order valence-corrected chi connectivity index (χ3v) is 5.67. The topological polar surface area (TPSA) is 58.1 Å². The Hall–Kier alpha value is -2.43. The minimum atomic E-state index is 0.275. The van der Waals surface area contributed by atoms with Crippen LogP contribution in [-0.2, 0) is 4.79 Å². The molecule has 2 aromatic rings. The summed E-state index contributed by atoms with van der Waals surface area (Å²) in [5, 5.41) is 3.32. The second-order valence-electron chi connectivity index (χ2n) is 7.50. The minimum Gasteiger partial charge on any atom is -0.342 e. The normalized spacial score (nSPS) is 20.5. The number of aryl methyl sites for hydroxylation is 1. The number of nitrogens with one attached hydrogen (secondary N) is 1. The summed E-state index contributed by atoms with van der Waals surface area (Å²) in [5.41, 5.74) is 3.22. The minimum absolute atomic E-state index is 0.275. The van der Waals surface area contributed by atoms with Crippen LogP contribution < -0.4 is 5.32 Å². The summed E-state index contributed by atoms with van der Waals surface area (Å²) in [6.07, 6.45) is 7.28. The van der Waals surface area contributed by atoms with E-state index in [1.54, 1.807) is 0 Å². The van der Waals surface area contributed by atoms with Gasteiger partial charge in [-0.3, -0.25) is 4.79 Å². The molecule has 1 aromatic heterocycles. The van der Waals surface area contributed by atoms with Crippen LogP contribution in [0.2, 0.25) is 0 Å². The monoisotopic (exact) mass is 350 g/mol. The van der Waals surface area contributed by atoms with Crippen LogP contribution in [0, 0.1) is 12.8 Å². The van der Waals surface area contributed by atoms with Gasteiger partial charge in [-0.25, -0.2) is 9.97 Å². The van der Waals surface area contributed by atoms with Gasteiger partial charge in [0.25, 0.3) is 0 Å². The molecule has 4 rings (SSSR count). The van der Waals surface area contributed by atoms with Crippen LogP contribution in [0.15, 0.2) is 36.5 Å². The van der Waals surface area contributed by atoms with Crippen molar-refractivity contribution in [2.75, 3.05) is 18.4 Å². The molecule has 2 aliphatic rings. The van der Waals surface area contributed by atoms with Crippen molar-refractivity contribution >= 4 is 17.5 Å². The summed E-state index contributed by atoms with van der Waals surface area (Å²) in [6.45, 7) is 3.75. The number of aromatic nitrogens is 2. The molecule has 1 saturated heterocycles. The SMILES string of the molecule is Cc1ccccc1Nc1nccc([C@@H]2CCCN(C(=O)C3CCC3)C2)n1. The maximum Gasteiger partial charge on any atom is 0.227 e. The number of likely N-dealkylation sites (tertiary alicyclic amines) is 1. The summed E-state index contributed by atoms with van der Waals surface area (Å²) in [7, 11) is 0. The lowest BCUT2D eigenvalue weighted by Gasteiger charge is -2.37. The highest BCUT2D eigenvalue weighted by molar-refractivity contribution is 5.79. The van der Waals surface area contributed by atoms with Gasteiger partial charge in [-0.05, 0) is 50.3 Å². The molecular weight excluding hydrogens is 324 g/mol. The van der Waals surface area contributed by atoms with E-state index in [4.69, 9.17) is 4.98 Å². The van der Waals surface area contributed by atoms with E-state index in [0.29, 0.717) is 17.8 Å². The average Bonchev–Trinajstić information content (AvgIpc) is 2.63. The number of piperidine rings is 1. The molecule has 2 fully saturated rings. The van der Waals surface area contributed by atoms with Crippen LogP contribution in [0.1, 0.15) is 49.3 Å². The van der Waals surface area contributed by atoms with Crippen LogP contribution >= 0.6 is 0 Å². The maximum atomic E-state index is 12.6. The highest BCUT2D eigenvalue weighted by Gasteiger charge is 2.32. The summed E-state index contributed by atoms with van der Waals surface area (Å²) >= 11 is 0. The standard InChI is InChI=1S/C21H26N4O/c1-15-6-2-3-10-18(15)23-21-22-12-11-19(24-21)17-9-5-13-25(14-17)20(26)16-7-4-8-16/h2-3,6,10-12,16-17H,4-5,7-9,13-14H2,1H3,(H,22,23,24)/t17-/m1/s1. The molecular formula is C21H26N4O. The number of nitrogens with zero attached hydrogens (tertiary/aromatic N) is 3. The summed E-state index contributed by atoms with van der Waals surface area (Å²) < 4.78 is 0. The van der Waals surface area contributed by atoms with Crippen molar-refractivity contribution in [1.82, 2.24) is 14.9 Å². The number of rotatable bonds is 4. The van der Waals surface area contributed by atoms with Gasteiger partial charge in [0.2, 0.25) is 11.9 Å². The summed E-state index contributed by atoms with van der Waals surface area (Å²) in [4.78, 5) is 23.8. The van der Waals surface area contributed by atoms with Gasteiger partial charge in [0, 0.05) is 36.8 Å². The molecule has 2 heterocycles. The van der Waals surface area contributed by atoms with E-state index in [2.05, 4.69) is 28.2 Å². The van der Waals surface area contributed by atoms with Gasteiger partial charge in [0.15, 0.2) is 0 Å². The smallest absolute Gasteiger partial charge is 0.227 e. The van der Waals surface area contributed by atoms with Gasteiger partial charge >= 0.3 is 0 Å². The van der Waals surface area contributed by atoms with E-state index >= 15 is 0 Å².